The minimum Gasteiger partial charge on any atom is -0.347 e. The number of amides is 2. The SMILES string of the molecule is Cc1ccc(NC(=O)Nc2nnc(N3CCC(C)CC3)s2)cc1C. The topological polar surface area (TPSA) is 70.1 Å². The second kappa shape index (κ2) is 7.17. The third-order valence-electron chi connectivity index (χ3n) is 4.45. The summed E-state index contributed by atoms with van der Waals surface area (Å²) in [6, 6.07) is 5.54. The maximum atomic E-state index is 12.1. The van der Waals surface area contributed by atoms with Crippen LogP contribution in [0, 0.1) is 19.8 Å². The Balaban J connectivity index is 1.57. The summed E-state index contributed by atoms with van der Waals surface area (Å²) in [4.78, 5) is 14.3. The maximum Gasteiger partial charge on any atom is 0.325 e. The van der Waals surface area contributed by atoms with Crippen LogP contribution in [0.25, 0.3) is 0 Å². The molecule has 1 aromatic carbocycles. The first-order chi connectivity index (χ1) is 11.5. The highest BCUT2D eigenvalue weighted by molar-refractivity contribution is 7.19. The van der Waals surface area contributed by atoms with Gasteiger partial charge in [-0.2, -0.15) is 0 Å². The number of urea groups is 1. The minimum absolute atomic E-state index is 0.298. The Hall–Kier alpha value is -2.15. The number of hydrogen-bond donors (Lipinski definition) is 2. The second-order valence-electron chi connectivity index (χ2n) is 6.44. The van der Waals surface area contributed by atoms with E-state index in [1.54, 1.807) is 0 Å². The monoisotopic (exact) mass is 345 g/mol. The van der Waals surface area contributed by atoms with Crippen LogP contribution in [0.5, 0.6) is 0 Å². The predicted molar refractivity (Wildman–Crippen MR) is 99.1 cm³/mol. The van der Waals surface area contributed by atoms with Gasteiger partial charge in [-0.15, -0.1) is 10.2 Å². The molecule has 2 heterocycles. The molecule has 0 saturated carbocycles. The lowest BCUT2D eigenvalue weighted by Gasteiger charge is -2.29. The molecule has 0 bridgehead atoms. The van der Waals surface area contributed by atoms with Crippen molar-refractivity contribution in [3.63, 3.8) is 0 Å². The van der Waals surface area contributed by atoms with Crippen molar-refractivity contribution in [2.45, 2.75) is 33.6 Å². The summed E-state index contributed by atoms with van der Waals surface area (Å²) in [6.45, 7) is 8.36. The third kappa shape index (κ3) is 4.03. The van der Waals surface area contributed by atoms with Crippen LogP contribution in [0.2, 0.25) is 0 Å². The van der Waals surface area contributed by atoms with E-state index in [0.29, 0.717) is 5.13 Å². The number of rotatable bonds is 3. The van der Waals surface area contributed by atoms with Crippen molar-refractivity contribution in [2.24, 2.45) is 5.92 Å². The first kappa shape index (κ1) is 16.7. The van der Waals surface area contributed by atoms with Crippen molar-refractivity contribution >= 4 is 33.3 Å². The number of aromatic nitrogens is 2. The molecule has 2 amide bonds. The molecular formula is C17H23N5OS. The van der Waals surface area contributed by atoms with Crippen LogP contribution in [-0.2, 0) is 0 Å². The number of carbonyl (C=O) groups is 1. The zero-order valence-electron chi connectivity index (χ0n) is 14.3. The fourth-order valence-electron chi connectivity index (χ4n) is 2.67. The van der Waals surface area contributed by atoms with E-state index in [1.807, 2.05) is 32.0 Å². The smallest absolute Gasteiger partial charge is 0.325 e. The molecule has 1 aliphatic heterocycles. The molecular weight excluding hydrogens is 322 g/mol. The average molecular weight is 345 g/mol. The molecule has 0 aliphatic carbocycles. The Kier molecular flexibility index (Phi) is 4.99. The maximum absolute atomic E-state index is 12.1. The van der Waals surface area contributed by atoms with Gasteiger partial charge in [-0.25, -0.2) is 4.79 Å². The van der Waals surface area contributed by atoms with Gasteiger partial charge in [0.25, 0.3) is 0 Å². The van der Waals surface area contributed by atoms with Crippen molar-refractivity contribution in [1.82, 2.24) is 10.2 Å². The average Bonchev–Trinajstić information content (AvgIpc) is 3.00. The van der Waals surface area contributed by atoms with E-state index in [-0.39, 0.29) is 6.03 Å². The van der Waals surface area contributed by atoms with Crippen molar-refractivity contribution in [3.8, 4) is 0 Å². The van der Waals surface area contributed by atoms with Gasteiger partial charge in [0, 0.05) is 18.8 Å². The molecule has 6 nitrogen and oxygen atoms in total. The Morgan fingerprint density at radius 2 is 1.92 bits per heavy atom. The number of benzene rings is 1. The fraction of sp³-hybridized carbons (Fsp3) is 0.471. The summed E-state index contributed by atoms with van der Waals surface area (Å²) in [5.74, 6) is 0.774. The number of nitrogens with zero attached hydrogens (tertiary/aromatic N) is 3. The lowest BCUT2D eigenvalue weighted by atomic mass is 10.00. The number of nitrogens with one attached hydrogen (secondary N) is 2. The van der Waals surface area contributed by atoms with Crippen LogP contribution in [0.15, 0.2) is 18.2 Å². The quantitative estimate of drug-likeness (QED) is 0.881. The predicted octanol–water partition coefficient (Wildman–Crippen LogP) is 4.04. The van der Waals surface area contributed by atoms with Gasteiger partial charge in [-0.1, -0.05) is 24.3 Å². The molecule has 1 aliphatic rings. The van der Waals surface area contributed by atoms with Gasteiger partial charge >= 0.3 is 6.03 Å². The van der Waals surface area contributed by atoms with Gasteiger partial charge in [0.2, 0.25) is 10.3 Å². The summed E-state index contributed by atoms with van der Waals surface area (Å²) < 4.78 is 0. The number of piperidine rings is 1. The van der Waals surface area contributed by atoms with E-state index < -0.39 is 0 Å². The van der Waals surface area contributed by atoms with Crippen molar-refractivity contribution < 1.29 is 4.79 Å². The first-order valence-electron chi connectivity index (χ1n) is 8.25. The normalized spacial score (nSPS) is 15.4. The van der Waals surface area contributed by atoms with Crippen LogP contribution in [0.1, 0.15) is 30.9 Å². The number of anilines is 3. The van der Waals surface area contributed by atoms with Crippen molar-refractivity contribution in [3.05, 3.63) is 29.3 Å². The van der Waals surface area contributed by atoms with Crippen molar-refractivity contribution in [1.29, 1.82) is 0 Å². The number of carbonyl (C=O) groups excluding carboxylic acids is 1. The lowest BCUT2D eigenvalue weighted by molar-refractivity contribution is 0.262. The lowest BCUT2D eigenvalue weighted by Crippen LogP contribution is -2.32. The third-order valence-corrected chi connectivity index (χ3v) is 5.35. The zero-order chi connectivity index (χ0) is 17.1. The van der Waals surface area contributed by atoms with Gasteiger partial charge in [-0.05, 0) is 55.9 Å². The van der Waals surface area contributed by atoms with E-state index in [2.05, 4.69) is 32.7 Å². The van der Waals surface area contributed by atoms with Gasteiger partial charge in [-0.3, -0.25) is 5.32 Å². The van der Waals surface area contributed by atoms with Crippen LogP contribution in [0.3, 0.4) is 0 Å². The minimum atomic E-state index is -0.298. The van der Waals surface area contributed by atoms with E-state index in [4.69, 9.17) is 0 Å². The summed E-state index contributed by atoms with van der Waals surface area (Å²) in [7, 11) is 0. The van der Waals surface area contributed by atoms with Gasteiger partial charge in [0.05, 0.1) is 0 Å². The summed E-state index contributed by atoms with van der Waals surface area (Å²) >= 11 is 1.42. The Morgan fingerprint density at radius 1 is 1.17 bits per heavy atom. The highest BCUT2D eigenvalue weighted by atomic mass is 32.1. The van der Waals surface area contributed by atoms with Crippen molar-refractivity contribution in [2.75, 3.05) is 28.6 Å². The molecule has 1 aromatic heterocycles. The van der Waals surface area contributed by atoms with Crippen LogP contribution < -0.4 is 15.5 Å². The van der Waals surface area contributed by atoms with E-state index in [0.717, 1.165) is 35.4 Å². The molecule has 3 rings (SSSR count). The molecule has 1 fully saturated rings. The Morgan fingerprint density at radius 3 is 2.62 bits per heavy atom. The fourth-order valence-corrected chi connectivity index (χ4v) is 3.46. The van der Waals surface area contributed by atoms with Crippen LogP contribution in [-0.4, -0.2) is 29.3 Å². The first-order valence-corrected chi connectivity index (χ1v) is 9.06. The highest BCUT2D eigenvalue weighted by Gasteiger charge is 2.19. The molecule has 24 heavy (non-hydrogen) atoms. The second-order valence-corrected chi connectivity index (χ2v) is 7.39. The molecule has 2 N–H and O–H groups in total. The standard InChI is InChI=1S/C17H23N5OS/c1-11-6-8-22(9-7-11)17-21-20-16(24-17)19-15(23)18-14-5-4-12(2)13(3)10-14/h4-5,10-11H,6-9H2,1-3H3,(H2,18,19,20,23). The van der Waals surface area contributed by atoms with E-state index in [1.165, 1.54) is 29.7 Å². The Labute approximate surface area is 146 Å². The molecule has 1 saturated heterocycles. The van der Waals surface area contributed by atoms with Gasteiger partial charge in [0.15, 0.2) is 0 Å². The molecule has 0 radical (unpaired) electrons. The molecule has 0 atom stereocenters. The number of hydrogen-bond acceptors (Lipinski definition) is 5. The Bertz CT molecular complexity index is 722. The summed E-state index contributed by atoms with van der Waals surface area (Å²) in [5.41, 5.74) is 3.11. The van der Waals surface area contributed by atoms with Gasteiger partial charge < -0.3 is 10.2 Å². The zero-order valence-corrected chi connectivity index (χ0v) is 15.1. The molecule has 2 aromatic rings. The summed E-state index contributed by atoms with van der Waals surface area (Å²) in [5, 5.41) is 15.3. The van der Waals surface area contributed by atoms with Crippen LogP contribution >= 0.6 is 11.3 Å². The highest BCUT2D eigenvalue weighted by Crippen LogP contribution is 2.28. The molecule has 128 valence electrons. The number of aryl methyl sites for hydroxylation is 2. The van der Waals surface area contributed by atoms with Gasteiger partial charge in [0.1, 0.15) is 0 Å². The largest absolute Gasteiger partial charge is 0.347 e. The summed E-state index contributed by atoms with van der Waals surface area (Å²) in [6.07, 6.45) is 2.35. The molecule has 0 unspecified atom stereocenters. The van der Waals surface area contributed by atoms with E-state index in [9.17, 15) is 4.79 Å². The molecule has 0 spiro atoms. The van der Waals surface area contributed by atoms with E-state index >= 15 is 0 Å². The molecule has 7 heteroatoms. The van der Waals surface area contributed by atoms with Crippen LogP contribution in [0.4, 0.5) is 20.7 Å².